The summed E-state index contributed by atoms with van der Waals surface area (Å²) >= 11 is 0. The second-order valence-electron chi connectivity index (χ2n) is 3.24. The molecule has 0 saturated heterocycles. The molecule has 0 atom stereocenters. The molecule has 11 heavy (non-hydrogen) atoms. The molecule has 0 aromatic carbocycles. The zero-order valence-electron chi connectivity index (χ0n) is 7.22. The van der Waals surface area contributed by atoms with Crippen LogP contribution in [0.25, 0.3) is 0 Å². The summed E-state index contributed by atoms with van der Waals surface area (Å²) in [6.07, 6.45) is -0.727. The van der Waals surface area contributed by atoms with Gasteiger partial charge in [0.2, 0.25) is 0 Å². The Kier molecular flexibility index (Phi) is 7.54. The molecule has 0 rings (SSSR count). The fourth-order valence-electron chi connectivity index (χ4n) is 0.317. The normalized spacial score (nSPS) is 9.82. The average Bonchev–Trinajstić information content (AvgIpc) is 1.81. The molecule has 63 valence electrons. The Bertz CT molecular complexity index is 117. The van der Waals surface area contributed by atoms with Crippen LogP contribution < -0.4 is 0 Å². The predicted molar refractivity (Wildman–Crippen MR) is 37.2 cm³/mol. The van der Waals surface area contributed by atoms with Gasteiger partial charge in [0.25, 0.3) is 0 Å². The van der Waals surface area contributed by atoms with Crippen LogP contribution in [-0.2, 0) is 42.2 Å². The Hall–Kier alpha value is 0.374. The quantitative estimate of drug-likeness (QED) is 0.514. The Morgan fingerprint density at radius 2 is 1.91 bits per heavy atom. The first-order valence-corrected chi connectivity index (χ1v) is 3.04. The van der Waals surface area contributed by atoms with Gasteiger partial charge < -0.3 is 9.47 Å². The number of hydrogen-bond acceptors (Lipinski definition) is 3. The van der Waals surface area contributed by atoms with Gasteiger partial charge in [-0.15, -0.1) is 0 Å². The van der Waals surface area contributed by atoms with Crippen molar-refractivity contribution in [1.82, 2.24) is 0 Å². The summed E-state index contributed by atoms with van der Waals surface area (Å²) in [5, 5.41) is 0. The number of hydrogen-bond donors (Lipinski definition) is 0. The summed E-state index contributed by atoms with van der Waals surface area (Å²) in [6, 6.07) is 0. The van der Waals surface area contributed by atoms with E-state index in [0.717, 1.165) is 0 Å². The molecule has 3 nitrogen and oxygen atoms in total. The third kappa shape index (κ3) is 10.4. The summed E-state index contributed by atoms with van der Waals surface area (Å²) in [7, 11) is 2.91. The van der Waals surface area contributed by atoms with Crippen LogP contribution >= 0.6 is 0 Å². The van der Waals surface area contributed by atoms with E-state index in [-0.39, 0.29) is 38.1 Å². The molecule has 0 fully saturated rings. The van der Waals surface area contributed by atoms with E-state index in [0.29, 0.717) is 6.61 Å². The van der Waals surface area contributed by atoms with Crippen LogP contribution in [0, 0.1) is 12.5 Å². The standard InChI is InChI=1S/C7H13O3.Y/c1-7(2,3)5-10-6(8)9-4;/h4-5H2,1-3H3;/q-1;. The van der Waals surface area contributed by atoms with Crippen molar-refractivity contribution in [2.75, 3.05) is 6.61 Å². The molecule has 0 heterocycles. The number of ether oxygens (including phenoxy) is 2. The molecule has 0 N–H and O–H groups in total. The Labute approximate surface area is 92.7 Å². The number of rotatable bonds is 1. The van der Waals surface area contributed by atoms with Crippen molar-refractivity contribution in [3.8, 4) is 0 Å². The number of carbonyl (C=O) groups is 1. The predicted octanol–water partition coefficient (Wildman–Crippen LogP) is 1.97. The molecule has 0 amide bonds. The monoisotopic (exact) mass is 234 g/mol. The van der Waals surface area contributed by atoms with E-state index in [1.54, 1.807) is 0 Å². The van der Waals surface area contributed by atoms with Gasteiger partial charge in [-0.3, -0.25) is 0 Å². The zero-order valence-corrected chi connectivity index (χ0v) is 10.1. The Balaban J connectivity index is 0. The van der Waals surface area contributed by atoms with Crippen molar-refractivity contribution >= 4 is 6.16 Å². The van der Waals surface area contributed by atoms with Crippen LogP contribution in [0.15, 0.2) is 0 Å². The van der Waals surface area contributed by atoms with Crippen LogP contribution in [0.1, 0.15) is 20.8 Å². The van der Waals surface area contributed by atoms with E-state index in [4.69, 9.17) is 0 Å². The fraction of sp³-hybridized carbons (Fsp3) is 0.714. The van der Waals surface area contributed by atoms with Crippen molar-refractivity contribution in [3.63, 3.8) is 0 Å². The average molecular weight is 234 g/mol. The SMILES string of the molecule is [CH2-]OC(=O)OCC(C)(C)C.[Y]. The Morgan fingerprint density at radius 1 is 1.45 bits per heavy atom. The van der Waals surface area contributed by atoms with Gasteiger partial charge in [-0.2, -0.15) is 7.11 Å². The molecule has 0 aromatic rings. The summed E-state index contributed by atoms with van der Waals surface area (Å²) in [4.78, 5) is 10.4. The maximum atomic E-state index is 10.4. The van der Waals surface area contributed by atoms with Crippen molar-refractivity contribution in [2.24, 2.45) is 5.41 Å². The van der Waals surface area contributed by atoms with Crippen LogP contribution in [0.4, 0.5) is 4.79 Å². The van der Waals surface area contributed by atoms with Gasteiger partial charge in [-0.05, 0) is 5.41 Å². The molecule has 0 spiro atoms. The van der Waals surface area contributed by atoms with Gasteiger partial charge in [0.15, 0.2) is 0 Å². The first-order valence-electron chi connectivity index (χ1n) is 3.04. The largest absolute Gasteiger partial charge is 0.609 e. The van der Waals surface area contributed by atoms with E-state index in [9.17, 15) is 4.79 Å². The maximum Gasteiger partial charge on any atom is 0.475 e. The molecule has 0 aliphatic heterocycles. The van der Waals surface area contributed by atoms with Crippen LogP contribution in [-0.4, -0.2) is 12.8 Å². The van der Waals surface area contributed by atoms with Crippen molar-refractivity contribution in [3.05, 3.63) is 7.11 Å². The van der Waals surface area contributed by atoms with Crippen molar-refractivity contribution in [2.45, 2.75) is 20.8 Å². The van der Waals surface area contributed by atoms with Gasteiger partial charge in [0, 0.05) is 32.7 Å². The molecule has 1 radical (unpaired) electrons. The minimum Gasteiger partial charge on any atom is -0.609 e. The van der Waals surface area contributed by atoms with Crippen molar-refractivity contribution in [1.29, 1.82) is 0 Å². The van der Waals surface area contributed by atoms with Crippen LogP contribution in [0.2, 0.25) is 0 Å². The first-order chi connectivity index (χ1) is 4.45. The molecule has 0 aliphatic carbocycles. The summed E-state index contributed by atoms with van der Waals surface area (Å²) in [5.41, 5.74) is -0.0197. The summed E-state index contributed by atoms with van der Waals surface area (Å²) in [6.45, 7) is 6.23. The topological polar surface area (TPSA) is 35.5 Å². The molecule has 0 aromatic heterocycles. The van der Waals surface area contributed by atoms with Crippen molar-refractivity contribution < 1.29 is 47.0 Å². The molecule has 0 saturated carbocycles. The third-order valence-corrected chi connectivity index (χ3v) is 0.741. The van der Waals surface area contributed by atoms with Gasteiger partial charge in [-0.25, -0.2) is 4.79 Å². The van der Waals surface area contributed by atoms with Gasteiger partial charge >= 0.3 is 6.16 Å². The first kappa shape index (κ1) is 13.9. The van der Waals surface area contributed by atoms with E-state index >= 15 is 0 Å². The third-order valence-electron chi connectivity index (χ3n) is 0.741. The molecule has 0 unspecified atom stereocenters. The van der Waals surface area contributed by atoms with Gasteiger partial charge in [0.1, 0.15) is 0 Å². The molecular formula is C7H13O3Y-. The van der Waals surface area contributed by atoms with E-state index in [1.165, 1.54) is 0 Å². The molecule has 0 aliphatic rings. The Morgan fingerprint density at radius 3 is 2.18 bits per heavy atom. The van der Waals surface area contributed by atoms with Crippen LogP contribution in [0.3, 0.4) is 0 Å². The molecular weight excluding hydrogens is 221 g/mol. The minimum absolute atomic E-state index is 0. The summed E-state index contributed by atoms with van der Waals surface area (Å²) in [5.74, 6) is 0. The number of carbonyl (C=O) groups excluding carboxylic acids is 1. The van der Waals surface area contributed by atoms with Crippen LogP contribution in [0.5, 0.6) is 0 Å². The maximum absolute atomic E-state index is 10.4. The zero-order chi connectivity index (χ0) is 8.20. The summed E-state index contributed by atoms with van der Waals surface area (Å²) < 4.78 is 8.67. The fourth-order valence-corrected chi connectivity index (χ4v) is 0.317. The van der Waals surface area contributed by atoms with E-state index in [1.807, 2.05) is 20.8 Å². The smallest absolute Gasteiger partial charge is 0.475 e. The molecule has 0 bridgehead atoms. The van der Waals surface area contributed by atoms with E-state index in [2.05, 4.69) is 16.6 Å². The molecule has 4 heteroatoms. The second kappa shape index (κ2) is 5.95. The second-order valence-corrected chi connectivity index (χ2v) is 3.24. The van der Waals surface area contributed by atoms with E-state index < -0.39 is 6.16 Å². The van der Waals surface area contributed by atoms with Gasteiger partial charge in [0.05, 0.1) is 6.61 Å². The van der Waals surface area contributed by atoms with Gasteiger partial charge in [-0.1, -0.05) is 20.8 Å². The minimum atomic E-state index is -0.727.